The zero-order valence-corrected chi connectivity index (χ0v) is 23.4. The number of hydrogen-bond donors (Lipinski definition) is 0. The normalized spacial score (nSPS) is 11.7. The number of fused-ring (bicyclic) bond motifs is 6. The summed E-state index contributed by atoms with van der Waals surface area (Å²) in [6.07, 6.45) is 0. The lowest BCUT2D eigenvalue weighted by Crippen LogP contribution is -1.99. The highest BCUT2D eigenvalue weighted by Gasteiger charge is 2.18. The van der Waals surface area contributed by atoms with Crippen molar-refractivity contribution in [1.29, 1.82) is 0 Å². The van der Waals surface area contributed by atoms with Gasteiger partial charge in [-0.1, -0.05) is 127 Å². The van der Waals surface area contributed by atoms with Crippen LogP contribution in [0.3, 0.4) is 0 Å². The van der Waals surface area contributed by atoms with Crippen molar-refractivity contribution in [2.75, 3.05) is 0 Å². The fourth-order valence-electron chi connectivity index (χ4n) is 6.78. The average molecular weight is 547 g/mol. The van der Waals surface area contributed by atoms with Crippen molar-refractivity contribution < 1.29 is 0 Å². The Kier molecular flexibility index (Phi) is 5.23. The van der Waals surface area contributed by atoms with Gasteiger partial charge in [0.2, 0.25) is 0 Å². The molecule has 0 unspecified atom stereocenters. The van der Waals surface area contributed by atoms with Gasteiger partial charge in [0.15, 0.2) is 0 Å². The van der Waals surface area contributed by atoms with E-state index < -0.39 is 0 Å². The predicted molar refractivity (Wildman–Crippen MR) is 182 cm³/mol. The third kappa shape index (κ3) is 3.70. The van der Waals surface area contributed by atoms with Crippen molar-refractivity contribution in [2.24, 2.45) is 0 Å². The first-order valence-electron chi connectivity index (χ1n) is 14.7. The highest BCUT2D eigenvalue weighted by Crippen LogP contribution is 2.40. The fourth-order valence-corrected chi connectivity index (χ4v) is 6.78. The standard InChI is InChI=1S/C41H26N2/c1-2-12-28(13-3-1)41-42-38-19-8-9-20-40(38)43(41)39-24-23-34(32-16-6-7-17-35(32)39)33-18-10-14-29-25-30-22-21-27-11-4-5-15-31(27)36(30)26-37(29)33/h1-26H. The van der Waals surface area contributed by atoms with Crippen LogP contribution in [0.25, 0.3) is 82.3 Å². The predicted octanol–water partition coefficient (Wildman–Crippen LogP) is 11.0. The molecule has 0 saturated carbocycles. The van der Waals surface area contributed by atoms with Crippen LogP contribution in [0.4, 0.5) is 0 Å². The second-order valence-electron chi connectivity index (χ2n) is 11.2. The van der Waals surface area contributed by atoms with Gasteiger partial charge in [-0.05, 0) is 79.2 Å². The largest absolute Gasteiger partial charge is 0.292 e. The molecule has 9 rings (SSSR count). The van der Waals surface area contributed by atoms with Gasteiger partial charge >= 0.3 is 0 Å². The number of imidazole rings is 1. The highest BCUT2D eigenvalue weighted by molar-refractivity contribution is 6.16. The van der Waals surface area contributed by atoms with Crippen LogP contribution in [0.2, 0.25) is 0 Å². The summed E-state index contributed by atoms with van der Waals surface area (Å²) in [6.45, 7) is 0. The molecule has 1 aromatic heterocycles. The van der Waals surface area contributed by atoms with Gasteiger partial charge in [0.05, 0.1) is 16.7 Å². The van der Waals surface area contributed by atoms with Gasteiger partial charge in [-0.15, -0.1) is 0 Å². The van der Waals surface area contributed by atoms with Crippen LogP contribution in [-0.4, -0.2) is 9.55 Å². The number of para-hydroxylation sites is 2. The van der Waals surface area contributed by atoms with E-state index in [1.807, 2.05) is 0 Å². The SMILES string of the molecule is c1ccc(-c2nc3ccccc3n2-c2ccc(-c3cccc4cc5ccc6ccccc6c5cc34)c3ccccc23)cc1. The summed E-state index contributed by atoms with van der Waals surface area (Å²) in [5.41, 5.74) is 6.79. The molecule has 200 valence electrons. The van der Waals surface area contributed by atoms with Gasteiger partial charge in [0.25, 0.3) is 0 Å². The van der Waals surface area contributed by atoms with E-state index in [2.05, 4.69) is 162 Å². The average Bonchev–Trinajstić information content (AvgIpc) is 3.46. The topological polar surface area (TPSA) is 17.8 Å². The monoisotopic (exact) mass is 546 g/mol. The Labute approximate surface area is 249 Å². The highest BCUT2D eigenvalue weighted by atomic mass is 15.1. The molecule has 43 heavy (non-hydrogen) atoms. The Morgan fingerprint density at radius 1 is 0.395 bits per heavy atom. The number of hydrogen-bond acceptors (Lipinski definition) is 1. The number of rotatable bonds is 3. The zero-order chi connectivity index (χ0) is 28.3. The minimum atomic E-state index is 0.947. The Balaban J connectivity index is 1.33. The van der Waals surface area contributed by atoms with Gasteiger partial charge in [-0.25, -0.2) is 4.98 Å². The molecular formula is C41H26N2. The molecule has 2 nitrogen and oxygen atoms in total. The van der Waals surface area contributed by atoms with Gasteiger partial charge < -0.3 is 0 Å². The lowest BCUT2D eigenvalue weighted by Gasteiger charge is -2.17. The minimum Gasteiger partial charge on any atom is -0.292 e. The summed E-state index contributed by atoms with van der Waals surface area (Å²) in [7, 11) is 0. The third-order valence-corrected chi connectivity index (χ3v) is 8.77. The molecule has 0 amide bonds. The van der Waals surface area contributed by atoms with Crippen molar-refractivity contribution in [2.45, 2.75) is 0 Å². The van der Waals surface area contributed by atoms with Crippen molar-refractivity contribution in [3.8, 4) is 28.2 Å². The summed E-state index contributed by atoms with van der Waals surface area (Å²) in [5, 5.41) is 10.1. The zero-order valence-electron chi connectivity index (χ0n) is 23.4. The van der Waals surface area contributed by atoms with E-state index in [0.29, 0.717) is 0 Å². The van der Waals surface area contributed by atoms with E-state index in [-0.39, 0.29) is 0 Å². The lowest BCUT2D eigenvalue weighted by atomic mass is 9.91. The van der Waals surface area contributed by atoms with Gasteiger partial charge in [-0.2, -0.15) is 0 Å². The summed E-state index contributed by atoms with van der Waals surface area (Å²) < 4.78 is 2.32. The smallest absolute Gasteiger partial charge is 0.145 e. The molecule has 0 radical (unpaired) electrons. The summed E-state index contributed by atoms with van der Waals surface area (Å²) in [5.74, 6) is 0.947. The summed E-state index contributed by atoms with van der Waals surface area (Å²) in [6, 6.07) is 56.8. The van der Waals surface area contributed by atoms with Gasteiger partial charge in [0.1, 0.15) is 5.82 Å². The Morgan fingerprint density at radius 3 is 1.98 bits per heavy atom. The van der Waals surface area contributed by atoms with E-state index in [0.717, 1.165) is 28.1 Å². The first kappa shape index (κ1) is 23.9. The van der Waals surface area contributed by atoms with Gasteiger partial charge in [0, 0.05) is 10.9 Å². The molecule has 0 aliphatic rings. The Morgan fingerprint density at radius 2 is 1.07 bits per heavy atom. The molecule has 0 fully saturated rings. The van der Waals surface area contributed by atoms with Crippen LogP contribution in [0.5, 0.6) is 0 Å². The molecule has 2 heteroatoms. The Bertz CT molecular complexity index is 2500. The van der Waals surface area contributed by atoms with Crippen LogP contribution < -0.4 is 0 Å². The maximum absolute atomic E-state index is 5.10. The number of benzene rings is 8. The fraction of sp³-hybridized carbons (Fsp3) is 0. The maximum Gasteiger partial charge on any atom is 0.145 e. The molecule has 0 N–H and O–H groups in total. The van der Waals surface area contributed by atoms with Crippen LogP contribution in [0, 0.1) is 0 Å². The second kappa shape index (κ2) is 9.40. The van der Waals surface area contributed by atoms with E-state index in [4.69, 9.17) is 4.98 Å². The van der Waals surface area contributed by atoms with E-state index in [1.165, 1.54) is 54.2 Å². The summed E-state index contributed by atoms with van der Waals surface area (Å²) >= 11 is 0. The first-order valence-corrected chi connectivity index (χ1v) is 14.7. The van der Waals surface area contributed by atoms with Crippen molar-refractivity contribution in [3.05, 3.63) is 158 Å². The van der Waals surface area contributed by atoms with E-state index in [9.17, 15) is 0 Å². The van der Waals surface area contributed by atoms with Crippen molar-refractivity contribution in [1.82, 2.24) is 9.55 Å². The molecular weight excluding hydrogens is 520 g/mol. The number of aromatic nitrogens is 2. The summed E-state index contributed by atoms with van der Waals surface area (Å²) in [4.78, 5) is 5.10. The molecule has 8 aromatic carbocycles. The van der Waals surface area contributed by atoms with Crippen LogP contribution in [0.15, 0.2) is 158 Å². The van der Waals surface area contributed by atoms with Crippen LogP contribution >= 0.6 is 0 Å². The van der Waals surface area contributed by atoms with Crippen molar-refractivity contribution >= 4 is 54.1 Å². The maximum atomic E-state index is 5.10. The second-order valence-corrected chi connectivity index (χ2v) is 11.2. The first-order chi connectivity index (χ1) is 21.3. The van der Waals surface area contributed by atoms with E-state index in [1.54, 1.807) is 0 Å². The molecule has 9 aromatic rings. The molecule has 0 atom stereocenters. The molecule has 1 heterocycles. The van der Waals surface area contributed by atoms with Gasteiger partial charge in [-0.3, -0.25) is 4.57 Å². The quantitative estimate of drug-likeness (QED) is 0.159. The van der Waals surface area contributed by atoms with Crippen LogP contribution in [0.1, 0.15) is 0 Å². The molecule has 0 spiro atoms. The van der Waals surface area contributed by atoms with E-state index >= 15 is 0 Å². The molecule has 0 aliphatic carbocycles. The Hall–Kier alpha value is -5.73. The number of nitrogens with zero attached hydrogens (tertiary/aromatic N) is 2. The van der Waals surface area contributed by atoms with Crippen LogP contribution in [-0.2, 0) is 0 Å². The minimum absolute atomic E-state index is 0.947. The molecule has 0 aliphatic heterocycles. The van der Waals surface area contributed by atoms with Crippen molar-refractivity contribution in [3.63, 3.8) is 0 Å². The molecule has 0 bridgehead atoms. The molecule has 0 saturated heterocycles. The third-order valence-electron chi connectivity index (χ3n) is 8.77. The lowest BCUT2D eigenvalue weighted by molar-refractivity contribution is 1.11.